The summed E-state index contributed by atoms with van der Waals surface area (Å²) in [4.78, 5) is 18.4. The van der Waals surface area contributed by atoms with Crippen LogP contribution >= 0.6 is 0 Å². The first kappa shape index (κ1) is 17.5. The molecule has 1 aromatic heterocycles. The van der Waals surface area contributed by atoms with E-state index in [1.165, 1.54) is 12.1 Å². The summed E-state index contributed by atoms with van der Waals surface area (Å²) in [6.07, 6.45) is 5.07. The number of amides is 1. The van der Waals surface area contributed by atoms with Crippen molar-refractivity contribution >= 4 is 5.91 Å². The van der Waals surface area contributed by atoms with Crippen molar-refractivity contribution in [3.8, 4) is 0 Å². The Morgan fingerprint density at radius 2 is 2.04 bits per heavy atom. The molecule has 1 saturated heterocycles. The Labute approximate surface area is 148 Å². The van der Waals surface area contributed by atoms with Gasteiger partial charge >= 0.3 is 0 Å². The molecular formula is C20H24FN3O. The number of rotatable bonds is 8. The third-order valence-corrected chi connectivity index (χ3v) is 4.69. The molecule has 1 aliphatic heterocycles. The predicted octanol–water partition coefficient (Wildman–Crippen LogP) is 2.93. The van der Waals surface area contributed by atoms with Crippen molar-refractivity contribution in [2.24, 2.45) is 0 Å². The summed E-state index contributed by atoms with van der Waals surface area (Å²) in [6.45, 7) is 2.31. The van der Waals surface area contributed by atoms with Crippen molar-refractivity contribution in [1.29, 1.82) is 0 Å². The van der Waals surface area contributed by atoms with E-state index >= 15 is 0 Å². The van der Waals surface area contributed by atoms with Crippen LogP contribution in [0.15, 0.2) is 48.7 Å². The normalized spacial score (nSPS) is 17.2. The van der Waals surface area contributed by atoms with Gasteiger partial charge in [-0.25, -0.2) is 4.39 Å². The second kappa shape index (κ2) is 8.72. The predicted molar refractivity (Wildman–Crippen MR) is 95.4 cm³/mol. The van der Waals surface area contributed by atoms with Crippen LogP contribution in [0.3, 0.4) is 0 Å². The van der Waals surface area contributed by atoms with Gasteiger partial charge in [-0.1, -0.05) is 18.2 Å². The summed E-state index contributed by atoms with van der Waals surface area (Å²) in [5.41, 5.74) is 2.09. The summed E-state index contributed by atoms with van der Waals surface area (Å²) in [6, 6.07) is 12.7. The zero-order valence-electron chi connectivity index (χ0n) is 14.3. The van der Waals surface area contributed by atoms with Crippen LogP contribution in [-0.4, -0.2) is 34.9 Å². The maximum atomic E-state index is 13.0. The Balaban J connectivity index is 1.44. The first-order chi connectivity index (χ1) is 12.2. The van der Waals surface area contributed by atoms with Crippen molar-refractivity contribution in [3.63, 3.8) is 0 Å². The molecule has 1 aliphatic rings. The minimum atomic E-state index is -0.224. The molecule has 1 N–H and O–H groups in total. The molecule has 0 spiro atoms. The van der Waals surface area contributed by atoms with Crippen LogP contribution in [0.1, 0.15) is 30.5 Å². The highest BCUT2D eigenvalue weighted by molar-refractivity contribution is 5.78. The van der Waals surface area contributed by atoms with Gasteiger partial charge in [0, 0.05) is 31.7 Å². The smallest absolute Gasteiger partial charge is 0.222 e. The number of halogens is 1. The first-order valence-electron chi connectivity index (χ1n) is 8.87. The van der Waals surface area contributed by atoms with Gasteiger partial charge in [0.2, 0.25) is 5.91 Å². The Morgan fingerprint density at radius 3 is 2.80 bits per heavy atom. The molecule has 0 aliphatic carbocycles. The molecule has 1 fully saturated rings. The Morgan fingerprint density at radius 1 is 1.20 bits per heavy atom. The molecular weight excluding hydrogens is 317 g/mol. The Bertz CT molecular complexity index is 675. The molecule has 1 amide bonds. The molecule has 1 atom stereocenters. The maximum absolute atomic E-state index is 13.0. The lowest BCUT2D eigenvalue weighted by molar-refractivity contribution is -0.129. The molecule has 0 bridgehead atoms. The second-order valence-electron chi connectivity index (χ2n) is 6.44. The molecule has 4 nitrogen and oxygen atoms in total. The number of nitrogens with zero attached hydrogens (tertiary/aromatic N) is 2. The van der Waals surface area contributed by atoms with E-state index in [0.29, 0.717) is 19.0 Å². The molecule has 2 aromatic rings. The summed E-state index contributed by atoms with van der Waals surface area (Å²) < 4.78 is 13.0. The fraction of sp³-hybridized carbons (Fsp3) is 0.400. The summed E-state index contributed by atoms with van der Waals surface area (Å²) in [5.74, 6) is 0.00898. The van der Waals surface area contributed by atoms with Crippen molar-refractivity contribution in [3.05, 3.63) is 65.7 Å². The summed E-state index contributed by atoms with van der Waals surface area (Å²) >= 11 is 0. The molecule has 25 heavy (non-hydrogen) atoms. The molecule has 1 aromatic carbocycles. The van der Waals surface area contributed by atoms with Crippen LogP contribution in [-0.2, 0) is 17.8 Å². The third kappa shape index (κ3) is 5.10. The Kier molecular flexibility index (Phi) is 6.12. The highest BCUT2D eigenvalue weighted by atomic mass is 19.1. The van der Waals surface area contributed by atoms with Gasteiger partial charge in [-0.2, -0.15) is 0 Å². The molecule has 5 heteroatoms. The van der Waals surface area contributed by atoms with E-state index in [2.05, 4.69) is 10.3 Å². The SMILES string of the molecule is O=C1CCC(CCNCc2ccccn2)N1CCc1ccc(F)cc1. The van der Waals surface area contributed by atoms with Gasteiger partial charge in [-0.3, -0.25) is 9.78 Å². The first-order valence-corrected chi connectivity index (χ1v) is 8.87. The topological polar surface area (TPSA) is 45.2 Å². The number of aromatic nitrogens is 1. The highest BCUT2D eigenvalue weighted by Gasteiger charge is 2.29. The quantitative estimate of drug-likeness (QED) is 0.751. The Hall–Kier alpha value is -2.27. The number of hydrogen-bond donors (Lipinski definition) is 1. The van der Waals surface area contributed by atoms with Crippen molar-refractivity contribution in [2.75, 3.05) is 13.1 Å². The summed E-state index contributed by atoms with van der Waals surface area (Å²) in [7, 11) is 0. The second-order valence-corrected chi connectivity index (χ2v) is 6.44. The highest BCUT2D eigenvalue weighted by Crippen LogP contribution is 2.21. The van der Waals surface area contributed by atoms with Gasteiger partial charge in [-0.05, 0) is 55.6 Å². The molecule has 3 rings (SSSR count). The number of benzene rings is 1. The van der Waals surface area contributed by atoms with E-state index in [9.17, 15) is 9.18 Å². The fourth-order valence-electron chi connectivity index (χ4n) is 3.29. The van der Waals surface area contributed by atoms with Crippen molar-refractivity contribution in [1.82, 2.24) is 15.2 Å². The average molecular weight is 341 g/mol. The summed E-state index contributed by atoms with van der Waals surface area (Å²) in [5, 5.41) is 3.40. The molecule has 132 valence electrons. The number of hydrogen-bond acceptors (Lipinski definition) is 3. The minimum absolute atomic E-state index is 0.224. The monoisotopic (exact) mass is 341 g/mol. The van der Waals surface area contributed by atoms with Gasteiger partial charge < -0.3 is 10.2 Å². The lowest BCUT2D eigenvalue weighted by Gasteiger charge is -2.25. The molecule has 2 heterocycles. The minimum Gasteiger partial charge on any atom is -0.339 e. The van der Waals surface area contributed by atoms with Gasteiger partial charge in [0.1, 0.15) is 5.82 Å². The number of nitrogens with one attached hydrogen (secondary N) is 1. The number of carbonyl (C=O) groups excluding carboxylic acids is 1. The van der Waals surface area contributed by atoms with Gasteiger partial charge in [-0.15, -0.1) is 0 Å². The standard InChI is InChI=1S/C20H24FN3O/c21-17-6-4-16(5-7-17)11-14-24-19(8-9-20(24)25)10-13-22-15-18-3-1-2-12-23-18/h1-7,12,19,22H,8-11,13-15H2. The lowest BCUT2D eigenvalue weighted by Crippen LogP contribution is -2.36. The largest absolute Gasteiger partial charge is 0.339 e. The van der Waals surface area contributed by atoms with E-state index in [1.807, 2.05) is 23.1 Å². The van der Waals surface area contributed by atoms with E-state index < -0.39 is 0 Å². The van der Waals surface area contributed by atoms with Crippen LogP contribution in [0.2, 0.25) is 0 Å². The van der Waals surface area contributed by atoms with E-state index in [4.69, 9.17) is 0 Å². The number of carbonyl (C=O) groups is 1. The fourth-order valence-corrected chi connectivity index (χ4v) is 3.29. The lowest BCUT2D eigenvalue weighted by atomic mass is 10.1. The average Bonchev–Trinajstić information content (AvgIpc) is 2.99. The zero-order chi connectivity index (χ0) is 17.5. The number of likely N-dealkylation sites (tertiary alicyclic amines) is 1. The number of pyridine rings is 1. The van der Waals surface area contributed by atoms with Gasteiger partial charge in [0.15, 0.2) is 0 Å². The van der Waals surface area contributed by atoms with Gasteiger partial charge in [0.25, 0.3) is 0 Å². The van der Waals surface area contributed by atoms with Crippen LogP contribution in [0.5, 0.6) is 0 Å². The zero-order valence-corrected chi connectivity index (χ0v) is 14.3. The third-order valence-electron chi connectivity index (χ3n) is 4.69. The molecule has 1 unspecified atom stereocenters. The van der Waals surface area contributed by atoms with E-state index in [0.717, 1.165) is 43.6 Å². The molecule has 0 radical (unpaired) electrons. The van der Waals surface area contributed by atoms with Crippen molar-refractivity contribution < 1.29 is 9.18 Å². The van der Waals surface area contributed by atoms with Crippen LogP contribution in [0, 0.1) is 5.82 Å². The van der Waals surface area contributed by atoms with Crippen LogP contribution in [0.4, 0.5) is 4.39 Å². The molecule has 0 saturated carbocycles. The maximum Gasteiger partial charge on any atom is 0.222 e. The van der Waals surface area contributed by atoms with Crippen LogP contribution in [0.25, 0.3) is 0 Å². The van der Waals surface area contributed by atoms with E-state index in [-0.39, 0.29) is 11.7 Å². The van der Waals surface area contributed by atoms with E-state index in [1.54, 1.807) is 18.3 Å². The van der Waals surface area contributed by atoms with Gasteiger partial charge in [0.05, 0.1) is 5.69 Å². The van der Waals surface area contributed by atoms with Crippen LogP contribution < -0.4 is 5.32 Å². The van der Waals surface area contributed by atoms with Crippen molar-refractivity contribution in [2.45, 2.75) is 38.3 Å².